The molecule has 0 radical (unpaired) electrons. The second kappa shape index (κ2) is 11.2. The zero-order valence-electron chi connectivity index (χ0n) is 20.4. The molecular formula is C28H29BrF3N5. The molecule has 1 aliphatic carbocycles. The lowest BCUT2D eigenvalue weighted by atomic mass is 9.91. The van der Waals surface area contributed by atoms with Crippen LogP contribution in [0.2, 0.25) is 0 Å². The number of halogens is 4. The molecule has 37 heavy (non-hydrogen) atoms. The van der Waals surface area contributed by atoms with Crippen LogP contribution in [0.25, 0.3) is 5.65 Å². The third-order valence-corrected chi connectivity index (χ3v) is 7.83. The molecule has 5 rings (SSSR count). The molecule has 1 aliphatic rings. The van der Waals surface area contributed by atoms with Gasteiger partial charge in [0.25, 0.3) is 0 Å². The monoisotopic (exact) mass is 571 g/mol. The van der Waals surface area contributed by atoms with E-state index in [1.807, 2.05) is 22.8 Å². The highest BCUT2D eigenvalue weighted by atomic mass is 79.9. The van der Waals surface area contributed by atoms with E-state index in [0.29, 0.717) is 18.4 Å². The van der Waals surface area contributed by atoms with Gasteiger partial charge in [-0.15, -0.1) is 0 Å². The van der Waals surface area contributed by atoms with Crippen molar-refractivity contribution in [1.82, 2.24) is 19.6 Å². The van der Waals surface area contributed by atoms with E-state index in [-0.39, 0.29) is 0 Å². The molecule has 1 aromatic carbocycles. The third kappa shape index (κ3) is 6.32. The van der Waals surface area contributed by atoms with E-state index in [4.69, 9.17) is 4.98 Å². The number of fused-ring (bicyclic) bond motifs is 1. The number of hydrogen-bond donors (Lipinski definition) is 1. The van der Waals surface area contributed by atoms with Crippen molar-refractivity contribution in [3.05, 3.63) is 87.9 Å². The molecule has 9 heteroatoms. The Labute approximate surface area is 222 Å². The smallest absolute Gasteiger partial charge is 0.366 e. The Balaban J connectivity index is 1.24. The van der Waals surface area contributed by atoms with E-state index >= 15 is 0 Å². The second-order valence-corrected chi connectivity index (χ2v) is 10.7. The van der Waals surface area contributed by atoms with E-state index in [2.05, 4.69) is 37.4 Å². The third-order valence-electron chi connectivity index (χ3n) is 7.27. The highest BCUT2D eigenvalue weighted by Gasteiger charge is 2.30. The van der Waals surface area contributed by atoms with Crippen LogP contribution in [0, 0.1) is 5.92 Å². The Morgan fingerprint density at radius 1 is 1.00 bits per heavy atom. The molecule has 2 atom stereocenters. The molecule has 194 valence electrons. The zero-order chi connectivity index (χ0) is 25.8. The number of hydrogen-bond acceptors (Lipinski definition) is 4. The molecule has 2 unspecified atom stereocenters. The predicted molar refractivity (Wildman–Crippen MR) is 141 cm³/mol. The average molecular weight is 572 g/mol. The van der Waals surface area contributed by atoms with E-state index < -0.39 is 11.7 Å². The number of aromatic nitrogens is 4. The molecule has 1 fully saturated rings. The Kier molecular flexibility index (Phi) is 7.79. The van der Waals surface area contributed by atoms with Crippen LogP contribution in [0.5, 0.6) is 0 Å². The number of nitrogens with zero attached hydrogens (tertiary/aromatic N) is 4. The Morgan fingerprint density at radius 3 is 2.59 bits per heavy atom. The fourth-order valence-electron chi connectivity index (χ4n) is 5.18. The summed E-state index contributed by atoms with van der Waals surface area (Å²) in [7, 11) is 0. The molecule has 3 heterocycles. The number of nitrogens with one attached hydrogen (secondary N) is 1. The predicted octanol–water partition coefficient (Wildman–Crippen LogP) is 7.81. The van der Waals surface area contributed by atoms with Crippen molar-refractivity contribution in [3.8, 4) is 0 Å². The van der Waals surface area contributed by atoms with Crippen molar-refractivity contribution in [1.29, 1.82) is 0 Å². The van der Waals surface area contributed by atoms with Crippen molar-refractivity contribution < 1.29 is 13.2 Å². The average Bonchev–Trinajstić information content (AvgIpc) is 3.12. The minimum atomic E-state index is -4.29. The van der Waals surface area contributed by atoms with Crippen LogP contribution in [-0.4, -0.2) is 19.6 Å². The summed E-state index contributed by atoms with van der Waals surface area (Å²) in [6.07, 6.45) is 8.38. The first kappa shape index (κ1) is 25.7. The van der Waals surface area contributed by atoms with Crippen molar-refractivity contribution in [2.75, 3.05) is 5.32 Å². The molecule has 3 aromatic heterocycles. The van der Waals surface area contributed by atoms with E-state index in [0.717, 1.165) is 77.7 Å². The summed E-state index contributed by atoms with van der Waals surface area (Å²) in [4.78, 5) is 9.16. The molecule has 0 spiro atoms. The molecule has 0 aliphatic heterocycles. The SMILES string of the molecule is FC(F)(F)c1ccc(CCC2CCCC(c3cc(NCc4cccnc4)n4ncc(Br)c4n3)CC2)cc1. The number of anilines is 1. The molecular weight excluding hydrogens is 543 g/mol. The summed E-state index contributed by atoms with van der Waals surface area (Å²) >= 11 is 3.59. The van der Waals surface area contributed by atoms with Gasteiger partial charge in [-0.05, 0) is 83.3 Å². The maximum absolute atomic E-state index is 12.8. The molecule has 0 bridgehead atoms. The standard InChI is InChI=1S/C28H29BrF3N5/c29-24-18-35-37-26(34-17-21-4-2-14-33-16-21)15-25(36-27(24)37)22-5-1-3-19(8-11-22)6-7-20-9-12-23(13-10-20)28(30,31)32/h2,4,9-10,12-16,18-19,22,34H,1,3,5-8,11,17H2. The van der Waals surface area contributed by atoms with Gasteiger partial charge in [-0.1, -0.05) is 31.0 Å². The summed E-state index contributed by atoms with van der Waals surface area (Å²) < 4.78 is 41.2. The first-order valence-electron chi connectivity index (χ1n) is 12.7. The van der Waals surface area contributed by atoms with Gasteiger partial charge in [0.15, 0.2) is 5.65 Å². The molecule has 0 saturated heterocycles. The van der Waals surface area contributed by atoms with Crippen LogP contribution in [0.4, 0.5) is 19.0 Å². The van der Waals surface area contributed by atoms with Gasteiger partial charge in [0.2, 0.25) is 0 Å². The van der Waals surface area contributed by atoms with Crippen LogP contribution >= 0.6 is 15.9 Å². The zero-order valence-corrected chi connectivity index (χ0v) is 22.0. The topological polar surface area (TPSA) is 55.1 Å². The highest BCUT2D eigenvalue weighted by Crippen LogP contribution is 2.37. The van der Waals surface area contributed by atoms with E-state index in [1.54, 1.807) is 24.5 Å². The van der Waals surface area contributed by atoms with Crippen molar-refractivity contribution in [2.45, 2.75) is 63.6 Å². The normalized spacial score (nSPS) is 18.6. The van der Waals surface area contributed by atoms with Crippen LogP contribution < -0.4 is 5.32 Å². The lowest BCUT2D eigenvalue weighted by Crippen LogP contribution is -2.10. The van der Waals surface area contributed by atoms with Gasteiger partial charge in [0.05, 0.1) is 16.2 Å². The molecule has 5 nitrogen and oxygen atoms in total. The van der Waals surface area contributed by atoms with Crippen LogP contribution in [0.3, 0.4) is 0 Å². The molecule has 4 aromatic rings. The number of pyridine rings is 1. The van der Waals surface area contributed by atoms with Gasteiger partial charge in [0, 0.05) is 36.6 Å². The van der Waals surface area contributed by atoms with E-state index in [9.17, 15) is 13.2 Å². The fourth-order valence-corrected chi connectivity index (χ4v) is 5.53. The number of alkyl halides is 3. The number of benzene rings is 1. The minimum absolute atomic E-state index is 0.363. The lowest BCUT2D eigenvalue weighted by molar-refractivity contribution is -0.137. The van der Waals surface area contributed by atoms with Gasteiger partial charge >= 0.3 is 6.18 Å². The van der Waals surface area contributed by atoms with Crippen LogP contribution in [0.15, 0.2) is 65.5 Å². The van der Waals surface area contributed by atoms with Crippen molar-refractivity contribution >= 4 is 27.4 Å². The maximum Gasteiger partial charge on any atom is 0.416 e. The van der Waals surface area contributed by atoms with Crippen molar-refractivity contribution in [2.24, 2.45) is 5.92 Å². The summed E-state index contributed by atoms with van der Waals surface area (Å²) in [6.45, 7) is 0.639. The lowest BCUT2D eigenvalue weighted by Gasteiger charge is -2.17. The fraction of sp³-hybridized carbons (Fsp3) is 0.393. The quantitative estimate of drug-likeness (QED) is 0.230. The van der Waals surface area contributed by atoms with Gasteiger partial charge in [-0.25, -0.2) is 4.98 Å². The molecule has 1 saturated carbocycles. The Bertz CT molecular complexity index is 1320. The summed E-state index contributed by atoms with van der Waals surface area (Å²) in [5.74, 6) is 1.83. The minimum Gasteiger partial charge on any atom is -0.366 e. The Hall–Kier alpha value is -2.94. The van der Waals surface area contributed by atoms with Crippen molar-refractivity contribution in [3.63, 3.8) is 0 Å². The van der Waals surface area contributed by atoms with E-state index in [1.165, 1.54) is 12.1 Å². The summed E-state index contributed by atoms with van der Waals surface area (Å²) in [5, 5.41) is 7.99. The first-order valence-corrected chi connectivity index (χ1v) is 13.5. The summed E-state index contributed by atoms with van der Waals surface area (Å²) in [5.41, 5.74) is 3.35. The first-order chi connectivity index (χ1) is 17.9. The van der Waals surface area contributed by atoms with Crippen LogP contribution in [-0.2, 0) is 19.1 Å². The Morgan fingerprint density at radius 2 is 1.84 bits per heavy atom. The molecule has 1 N–H and O–H groups in total. The van der Waals surface area contributed by atoms with Gasteiger partial charge in [-0.3, -0.25) is 4.98 Å². The highest BCUT2D eigenvalue weighted by molar-refractivity contribution is 9.10. The van der Waals surface area contributed by atoms with Gasteiger partial charge < -0.3 is 5.32 Å². The summed E-state index contributed by atoms with van der Waals surface area (Å²) in [6, 6.07) is 11.7. The number of aryl methyl sites for hydroxylation is 1. The maximum atomic E-state index is 12.8. The van der Waals surface area contributed by atoms with Gasteiger partial charge in [0.1, 0.15) is 5.82 Å². The molecule has 0 amide bonds. The number of rotatable bonds is 7. The largest absolute Gasteiger partial charge is 0.416 e. The van der Waals surface area contributed by atoms with Crippen LogP contribution in [0.1, 0.15) is 66.8 Å². The van der Waals surface area contributed by atoms with Gasteiger partial charge in [-0.2, -0.15) is 22.8 Å². The second-order valence-electron chi connectivity index (χ2n) is 9.81.